The Bertz CT molecular complexity index is 910. The fraction of sp³-hybridized carbons (Fsp3) is 0.185. The van der Waals surface area contributed by atoms with Gasteiger partial charge in [0.1, 0.15) is 0 Å². The Morgan fingerprint density at radius 3 is 2.15 bits per heavy atom. The molecule has 2 aliphatic carbocycles. The van der Waals surface area contributed by atoms with E-state index in [1.807, 2.05) is 0 Å². The van der Waals surface area contributed by atoms with Gasteiger partial charge in [0.15, 0.2) is 0 Å². The monoisotopic (exact) mass is 350 g/mol. The molecule has 0 nitrogen and oxygen atoms in total. The van der Waals surface area contributed by atoms with Crippen LogP contribution in [0.2, 0.25) is 0 Å². The molecule has 2 aromatic rings. The summed E-state index contributed by atoms with van der Waals surface area (Å²) in [5.41, 5.74) is 7.92. The molecule has 0 aromatic heterocycles. The molecule has 2 aliphatic rings. The molecular formula is C27H26. The molecule has 0 heterocycles. The lowest BCUT2D eigenvalue weighted by molar-refractivity contribution is 0.687. The average molecular weight is 351 g/mol. The minimum Gasteiger partial charge on any atom is -0.0987 e. The predicted octanol–water partition coefficient (Wildman–Crippen LogP) is 7.08. The van der Waals surface area contributed by atoms with E-state index in [0.717, 1.165) is 19.3 Å². The van der Waals surface area contributed by atoms with Crippen LogP contribution in [0.15, 0.2) is 120 Å². The van der Waals surface area contributed by atoms with Crippen LogP contribution < -0.4 is 0 Å². The molecule has 0 unspecified atom stereocenters. The minimum absolute atomic E-state index is 0.252. The van der Waals surface area contributed by atoms with Crippen molar-refractivity contribution in [2.45, 2.75) is 31.6 Å². The van der Waals surface area contributed by atoms with Crippen LogP contribution in [0.4, 0.5) is 0 Å². The highest BCUT2D eigenvalue weighted by Gasteiger charge is 2.47. The highest BCUT2D eigenvalue weighted by Crippen LogP contribution is 2.56. The molecule has 134 valence electrons. The fourth-order valence-electron chi connectivity index (χ4n) is 4.70. The molecule has 0 aliphatic heterocycles. The van der Waals surface area contributed by atoms with E-state index in [2.05, 4.69) is 105 Å². The highest BCUT2D eigenvalue weighted by molar-refractivity contribution is 5.75. The Morgan fingerprint density at radius 2 is 1.59 bits per heavy atom. The van der Waals surface area contributed by atoms with Gasteiger partial charge < -0.3 is 0 Å². The van der Waals surface area contributed by atoms with Gasteiger partial charge in [-0.05, 0) is 52.7 Å². The second-order valence-electron chi connectivity index (χ2n) is 7.16. The predicted molar refractivity (Wildman–Crippen MR) is 116 cm³/mol. The maximum Gasteiger partial charge on any atom is 0.0676 e. The van der Waals surface area contributed by atoms with Gasteiger partial charge >= 0.3 is 0 Å². The molecule has 0 spiro atoms. The lowest BCUT2D eigenvalue weighted by atomic mass is 9.64. The summed E-state index contributed by atoms with van der Waals surface area (Å²) in [6.07, 6.45) is 14.5. The van der Waals surface area contributed by atoms with E-state index in [-0.39, 0.29) is 5.41 Å². The maximum absolute atomic E-state index is 4.26. The van der Waals surface area contributed by atoms with Crippen LogP contribution in [0.5, 0.6) is 0 Å². The third kappa shape index (κ3) is 2.68. The van der Waals surface area contributed by atoms with Crippen LogP contribution in [0.1, 0.15) is 37.3 Å². The zero-order valence-electron chi connectivity index (χ0n) is 16.0. The van der Waals surface area contributed by atoms with Crippen molar-refractivity contribution in [2.24, 2.45) is 0 Å². The molecule has 0 amide bonds. The Balaban J connectivity index is 2.12. The van der Waals surface area contributed by atoms with E-state index in [0.29, 0.717) is 0 Å². The number of hydrogen-bond donors (Lipinski definition) is 0. The topological polar surface area (TPSA) is 0 Å². The third-order valence-electron chi connectivity index (χ3n) is 5.75. The molecule has 0 bridgehead atoms. The van der Waals surface area contributed by atoms with Gasteiger partial charge in [0.2, 0.25) is 0 Å². The molecule has 4 rings (SSSR count). The molecule has 0 N–H and O–H groups in total. The van der Waals surface area contributed by atoms with Crippen molar-refractivity contribution < 1.29 is 0 Å². The van der Waals surface area contributed by atoms with Crippen LogP contribution in [0.3, 0.4) is 0 Å². The Labute approximate surface area is 163 Å². The number of rotatable bonds is 5. The molecule has 0 radical (unpaired) electrons. The summed E-state index contributed by atoms with van der Waals surface area (Å²) < 4.78 is 0. The molecule has 2 aromatic carbocycles. The van der Waals surface area contributed by atoms with Crippen LogP contribution in [-0.4, -0.2) is 0 Å². The van der Waals surface area contributed by atoms with E-state index in [1.165, 1.54) is 33.4 Å². The van der Waals surface area contributed by atoms with Crippen LogP contribution in [-0.2, 0) is 5.41 Å². The standard InChI is InChI=1S/C27H26/c1-3-5-18-23-24-19-12-13-20-26(24)27(25(23)4-2,21-14-8-6-9-15-21)22-16-10-7-11-17-22/h4-12,14-19H,2-3,13,20H2,1H3/b18-5-. The van der Waals surface area contributed by atoms with Gasteiger partial charge in [-0.1, -0.05) is 105 Å². The van der Waals surface area contributed by atoms with Gasteiger partial charge in [-0.15, -0.1) is 0 Å². The molecular weight excluding hydrogens is 324 g/mol. The summed E-state index contributed by atoms with van der Waals surface area (Å²) in [5, 5.41) is 0. The van der Waals surface area contributed by atoms with Crippen molar-refractivity contribution in [1.82, 2.24) is 0 Å². The Kier molecular flexibility index (Phi) is 4.81. The summed E-state index contributed by atoms with van der Waals surface area (Å²) in [4.78, 5) is 0. The van der Waals surface area contributed by atoms with E-state index < -0.39 is 0 Å². The van der Waals surface area contributed by atoms with E-state index in [9.17, 15) is 0 Å². The lowest BCUT2D eigenvalue weighted by Gasteiger charge is -2.37. The van der Waals surface area contributed by atoms with Crippen LogP contribution in [0.25, 0.3) is 0 Å². The van der Waals surface area contributed by atoms with Crippen molar-refractivity contribution in [1.29, 1.82) is 0 Å². The van der Waals surface area contributed by atoms with Gasteiger partial charge in [-0.2, -0.15) is 0 Å². The maximum atomic E-state index is 4.26. The van der Waals surface area contributed by atoms with E-state index in [1.54, 1.807) is 0 Å². The quantitative estimate of drug-likeness (QED) is 0.540. The number of allylic oxidation sites excluding steroid dienone is 9. The van der Waals surface area contributed by atoms with Crippen molar-refractivity contribution in [3.63, 3.8) is 0 Å². The lowest BCUT2D eigenvalue weighted by Crippen LogP contribution is -2.30. The second kappa shape index (κ2) is 7.40. The molecule has 0 heteroatoms. The SMILES string of the molecule is C=CC1=C(/C=C\CC)C2=C(CCC=C2)C1(c1ccccc1)c1ccccc1. The Hall–Kier alpha value is -2.86. The molecule has 0 fully saturated rings. The minimum atomic E-state index is -0.252. The zero-order valence-corrected chi connectivity index (χ0v) is 16.0. The van der Waals surface area contributed by atoms with Gasteiger partial charge in [-0.3, -0.25) is 0 Å². The summed E-state index contributed by atoms with van der Waals surface area (Å²) in [6.45, 7) is 6.45. The van der Waals surface area contributed by atoms with Crippen molar-refractivity contribution in [3.05, 3.63) is 131 Å². The van der Waals surface area contributed by atoms with Crippen molar-refractivity contribution in [2.75, 3.05) is 0 Å². The third-order valence-corrected chi connectivity index (χ3v) is 5.75. The molecule has 27 heavy (non-hydrogen) atoms. The van der Waals surface area contributed by atoms with Gasteiger partial charge in [0, 0.05) is 0 Å². The van der Waals surface area contributed by atoms with Crippen LogP contribution >= 0.6 is 0 Å². The second-order valence-corrected chi connectivity index (χ2v) is 7.16. The first kappa shape index (κ1) is 17.5. The molecule has 0 atom stereocenters. The number of benzene rings is 2. The van der Waals surface area contributed by atoms with E-state index >= 15 is 0 Å². The summed E-state index contributed by atoms with van der Waals surface area (Å²) >= 11 is 0. The first-order valence-electron chi connectivity index (χ1n) is 9.89. The largest absolute Gasteiger partial charge is 0.0987 e. The summed E-state index contributed by atoms with van der Waals surface area (Å²) in [5.74, 6) is 0. The first-order chi connectivity index (χ1) is 13.3. The van der Waals surface area contributed by atoms with Crippen molar-refractivity contribution in [3.8, 4) is 0 Å². The summed E-state index contributed by atoms with van der Waals surface area (Å²) in [7, 11) is 0. The Morgan fingerprint density at radius 1 is 0.963 bits per heavy atom. The van der Waals surface area contributed by atoms with Gasteiger partial charge in [-0.25, -0.2) is 0 Å². The molecule has 0 saturated heterocycles. The highest BCUT2D eigenvalue weighted by atomic mass is 14.5. The average Bonchev–Trinajstić information content (AvgIpc) is 3.04. The normalized spacial score (nSPS) is 18.3. The van der Waals surface area contributed by atoms with E-state index in [4.69, 9.17) is 0 Å². The smallest absolute Gasteiger partial charge is 0.0676 e. The number of hydrogen-bond acceptors (Lipinski definition) is 0. The zero-order chi connectivity index (χ0) is 18.7. The van der Waals surface area contributed by atoms with Crippen molar-refractivity contribution >= 4 is 0 Å². The fourth-order valence-corrected chi connectivity index (χ4v) is 4.70. The van der Waals surface area contributed by atoms with Crippen LogP contribution in [0, 0.1) is 0 Å². The van der Waals surface area contributed by atoms with Gasteiger partial charge in [0.25, 0.3) is 0 Å². The summed E-state index contributed by atoms with van der Waals surface area (Å²) in [6, 6.07) is 21.9. The van der Waals surface area contributed by atoms with Gasteiger partial charge in [0.05, 0.1) is 5.41 Å². The molecule has 0 saturated carbocycles. The first-order valence-corrected chi connectivity index (χ1v) is 9.89.